The summed E-state index contributed by atoms with van der Waals surface area (Å²) in [5.74, 6) is 6.54. The maximum atomic E-state index is 6.01. The minimum Gasteiger partial charge on any atom is -0.459 e. The molecule has 0 saturated carbocycles. The number of rotatable bonds is 4. The molecular weight excluding hydrogens is 284 g/mol. The van der Waals surface area contributed by atoms with Crippen molar-refractivity contribution in [2.45, 2.75) is 19.4 Å². The summed E-state index contributed by atoms with van der Waals surface area (Å²) in [5.41, 5.74) is 6.16. The minimum absolute atomic E-state index is 0.0720. The molecule has 1 unspecified atom stereocenters. The monoisotopic (exact) mass is 300 g/mol. The van der Waals surface area contributed by atoms with Gasteiger partial charge < -0.3 is 4.42 Å². The molecule has 3 nitrogen and oxygen atoms in total. The number of furan rings is 1. The van der Waals surface area contributed by atoms with Gasteiger partial charge in [0.25, 0.3) is 0 Å². The van der Waals surface area contributed by atoms with Gasteiger partial charge in [-0.3, -0.25) is 5.84 Å². The van der Waals surface area contributed by atoms with Gasteiger partial charge in [0, 0.05) is 10.4 Å². The van der Waals surface area contributed by atoms with Crippen molar-refractivity contribution in [1.29, 1.82) is 0 Å². The number of hydrogen-bond acceptors (Lipinski definition) is 3. The Kier molecular flexibility index (Phi) is 3.97. The topological polar surface area (TPSA) is 51.2 Å². The molecule has 0 spiro atoms. The molecule has 0 radical (unpaired) electrons. The van der Waals surface area contributed by atoms with Crippen molar-refractivity contribution >= 4 is 22.6 Å². The van der Waals surface area contributed by atoms with Gasteiger partial charge >= 0.3 is 0 Å². The Hall–Kier alpha value is -1.81. The average Bonchev–Trinajstić information content (AvgIpc) is 2.89. The number of halogens is 1. The highest BCUT2D eigenvalue weighted by Gasteiger charge is 2.16. The second-order valence-corrected chi connectivity index (χ2v) is 5.62. The molecule has 0 aliphatic heterocycles. The number of nitrogens with one attached hydrogen (secondary N) is 1. The number of hydrazine groups is 1. The molecule has 0 aliphatic rings. The van der Waals surface area contributed by atoms with E-state index in [4.69, 9.17) is 21.9 Å². The molecule has 3 N–H and O–H groups in total. The average molecular weight is 301 g/mol. The van der Waals surface area contributed by atoms with E-state index in [0.717, 1.165) is 23.2 Å². The van der Waals surface area contributed by atoms with Gasteiger partial charge in [0.2, 0.25) is 0 Å². The second kappa shape index (κ2) is 5.90. The van der Waals surface area contributed by atoms with Crippen LogP contribution in [0, 0.1) is 6.92 Å². The van der Waals surface area contributed by atoms with Gasteiger partial charge in [-0.25, -0.2) is 5.43 Å². The first kappa shape index (κ1) is 14.1. The summed E-state index contributed by atoms with van der Waals surface area (Å²) in [4.78, 5) is 0. The second-order valence-electron chi connectivity index (χ2n) is 5.18. The molecule has 0 fully saturated rings. The number of hydrogen-bond donors (Lipinski definition) is 2. The molecule has 108 valence electrons. The first-order valence-electron chi connectivity index (χ1n) is 6.87. The third kappa shape index (κ3) is 2.95. The summed E-state index contributed by atoms with van der Waals surface area (Å²) in [7, 11) is 0. The fourth-order valence-electron chi connectivity index (χ4n) is 2.51. The van der Waals surface area contributed by atoms with Crippen LogP contribution < -0.4 is 11.3 Å². The van der Waals surface area contributed by atoms with E-state index < -0.39 is 0 Å². The summed E-state index contributed by atoms with van der Waals surface area (Å²) in [6.07, 6.45) is 0.775. The van der Waals surface area contributed by atoms with Crippen LogP contribution in [0.1, 0.15) is 22.9 Å². The van der Waals surface area contributed by atoms with E-state index in [2.05, 4.69) is 24.5 Å². The van der Waals surface area contributed by atoms with Crippen LogP contribution >= 0.6 is 11.6 Å². The highest BCUT2D eigenvalue weighted by Crippen LogP contribution is 2.28. The summed E-state index contributed by atoms with van der Waals surface area (Å²) < 4.78 is 5.89. The summed E-state index contributed by atoms with van der Waals surface area (Å²) in [6.45, 7) is 2.10. The molecule has 1 aromatic heterocycles. The zero-order valence-corrected chi connectivity index (χ0v) is 12.5. The third-order valence-electron chi connectivity index (χ3n) is 3.73. The van der Waals surface area contributed by atoms with Gasteiger partial charge in [-0.1, -0.05) is 35.9 Å². The number of aryl methyl sites for hydroxylation is 1. The normalized spacial score (nSPS) is 12.7. The van der Waals surface area contributed by atoms with E-state index in [9.17, 15) is 0 Å². The molecule has 1 heterocycles. The van der Waals surface area contributed by atoms with Crippen molar-refractivity contribution in [3.05, 3.63) is 70.4 Å². The Balaban J connectivity index is 1.93. The zero-order valence-electron chi connectivity index (χ0n) is 11.8. The highest BCUT2D eigenvalue weighted by atomic mass is 35.5. The Labute approximate surface area is 128 Å². The van der Waals surface area contributed by atoms with Crippen LogP contribution in [-0.2, 0) is 6.42 Å². The Morgan fingerprint density at radius 3 is 2.76 bits per heavy atom. The van der Waals surface area contributed by atoms with E-state index in [1.54, 1.807) is 0 Å². The molecule has 2 aromatic carbocycles. The van der Waals surface area contributed by atoms with Gasteiger partial charge in [0.05, 0.1) is 6.04 Å². The van der Waals surface area contributed by atoms with Crippen LogP contribution in [0.2, 0.25) is 5.02 Å². The van der Waals surface area contributed by atoms with Gasteiger partial charge in [-0.2, -0.15) is 0 Å². The van der Waals surface area contributed by atoms with E-state index >= 15 is 0 Å². The lowest BCUT2D eigenvalue weighted by Crippen LogP contribution is -2.29. The van der Waals surface area contributed by atoms with Crippen molar-refractivity contribution in [1.82, 2.24) is 5.43 Å². The fraction of sp³-hybridized carbons (Fsp3) is 0.176. The summed E-state index contributed by atoms with van der Waals surface area (Å²) >= 11 is 6.01. The van der Waals surface area contributed by atoms with Gasteiger partial charge in [0.1, 0.15) is 11.3 Å². The minimum atomic E-state index is -0.0720. The molecule has 0 bridgehead atoms. The lowest BCUT2D eigenvalue weighted by Gasteiger charge is -2.14. The Morgan fingerprint density at radius 1 is 1.19 bits per heavy atom. The molecule has 1 atom stereocenters. The van der Waals surface area contributed by atoms with E-state index in [1.165, 1.54) is 11.1 Å². The summed E-state index contributed by atoms with van der Waals surface area (Å²) in [6, 6.07) is 15.8. The Bertz CT molecular complexity index is 766. The predicted octanol–water partition coefficient (Wildman–Crippen LogP) is 4.14. The SMILES string of the molecule is Cc1ccccc1CC(NN)c1cc2cc(Cl)ccc2o1. The van der Waals surface area contributed by atoms with E-state index in [0.29, 0.717) is 5.02 Å². The molecular formula is C17H17ClN2O. The van der Waals surface area contributed by atoms with Crippen LogP contribution in [-0.4, -0.2) is 0 Å². The van der Waals surface area contributed by atoms with Crippen LogP contribution in [0.3, 0.4) is 0 Å². The van der Waals surface area contributed by atoms with Gasteiger partial charge in [0.15, 0.2) is 0 Å². The van der Waals surface area contributed by atoms with Gasteiger partial charge in [-0.05, 0) is 48.7 Å². The first-order valence-corrected chi connectivity index (χ1v) is 7.25. The first-order chi connectivity index (χ1) is 10.2. The smallest absolute Gasteiger partial charge is 0.134 e. The van der Waals surface area contributed by atoms with E-state index in [1.807, 2.05) is 36.4 Å². The van der Waals surface area contributed by atoms with Crippen molar-refractivity contribution < 1.29 is 4.42 Å². The number of nitrogens with two attached hydrogens (primary N) is 1. The maximum Gasteiger partial charge on any atom is 0.134 e. The maximum absolute atomic E-state index is 6.01. The Morgan fingerprint density at radius 2 is 2.00 bits per heavy atom. The largest absolute Gasteiger partial charge is 0.459 e. The lowest BCUT2D eigenvalue weighted by atomic mass is 10.00. The van der Waals surface area contributed by atoms with Crippen LogP contribution in [0.5, 0.6) is 0 Å². The fourth-order valence-corrected chi connectivity index (χ4v) is 2.69. The molecule has 21 heavy (non-hydrogen) atoms. The molecule has 0 amide bonds. The molecule has 4 heteroatoms. The van der Waals surface area contributed by atoms with Crippen molar-refractivity contribution in [3.63, 3.8) is 0 Å². The number of fused-ring (bicyclic) bond motifs is 1. The lowest BCUT2D eigenvalue weighted by molar-refractivity contribution is 0.434. The van der Waals surface area contributed by atoms with E-state index in [-0.39, 0.29) is 6.04 Å². The molecule has 3 rings (SSSR count). The molecule has 3 aromatic rings. The van der Waals surface area contributed by atoms with Gasteiger partial charge in [-0.15, -0.1) is 0 Å². The molecule has 0 saturated heterocycles. The highest BCUT2D eigenvalue weighted by molar-refractivity contribution is 6.31. The van der Waals surface area contributed by atoms with Crippen molar-refractivity contribution in [2.24, 2.45) is 5.84 Å². The van der Waals surface area contributed by atoms with Crippen molar-refractivity contribution in [2.75, 3.05) is 0 Å². The van der Waals surface area contributed by atoms with Crippen LogP contribution in [0.4, 0.5) is 0 Å². The predicted molar refractivity (Wildman–Crippen MR) is 86.2 cm³/mol. The standard InChI is InChI=1S/C17H17ClN2O/c1-11-4-2-3-5-12(11)9-15(20-19)17-10-13-8-14(18)6-7-16(13)21-17/h2-8,10,15,20H,9,19H2,1H3. The third-order valence-corrected chi connectivity index (χ3v) is 3.96. The van der Waals surface area contributed by atoms with Crippen LogP contribution in [0.15, 0.2) is 52.9 Å². The molecule has 0 aliphatic carbocycles. The zero-order chi connectivity index (χ0) is 14.8. The quantitative estimate of drug-likeness (QED) is 0.562. The van der Waals surface area contributed by atoms with Crippen LogP contribution in [0.25, 0.3) is 11.0 Å². The van der Waals surface area contributed by atoms with Crippen molar-refractivity contribution in [3.8, 4) is 0 Å². The number of benzene rings is 2. The summed E-state index contributed by atoms with van der Waals surface area (Å²) in [5, 5.41) is 1.69.